The van der Waals surface area contributed by atoms with Crippen LogP contribution in [0.1, 0.15) is 11.4 Å². The van der Waals surface area contributed by atoms with Gasteiger partial charge in [-0.1, -0.05) is 0 Å². The Labute approximate surface area is 113 Å². The number of imidazole rings is 1. The van der Waals surface area contributed by atoms with Crippen molar-refractivity contribution in [2.24, 2.45) is 0 Å². The molecule has 0 bridgehead atoms. The predicted octanol–water partition coefficient (Wildman–Crippen LogP) is 1.34. The quantitative estimate of drug-likeness (QED) is 0.776. The molecule has 0 aliphatic carbocycles. The standard InChI is InChI=1S/C13H12F2N4O/c14-7-1-2-8(15)9(3-7)19-13(20)11-4-10-12(5-16-11)18-6-17-10/h1-3,6,11,16H,4-5H2,(H,17,18)(H,19,20). The molecular weight excluding hydrogens is 266 g/mol. The highest BCUT2D eigenvalue weighted by molar-refractivity contribution is 5.95. The zero-order valence-corrected chi connectivity index (χ0v) is 10.4. The lowest BCUT2D eigenvalue weighted by molar-refractivity contribution is -0.118. The van der Waals surface area contributed by atoms with E-state index in [9.17, 15) is 13.6 Å². The van der Waals surface area contributed by atoms with Crippen LogP contribution in [0, 0.1) is 11.6 Å². The molecule has 3 rings (SSSR count). The zero-order chi connectivity index (χ0) is 14.1. The van der Waals surface area contributed by atoms with Crippen LogP contribution in [0.3, 0.4) is 0 Å². The van der Waals surface area contributed by atoms with Crippen LogP contribution in [-0.4, -0.2) is 21.9 Å². The van der Waals surface area contributed by atoms with E-state index in [0.717, 1.165) is 29.6 Å². The molecule has 0 saturated heterocycles. The van der Waals surface area contributed by atoms with Gasteiger partial charge in [-0.25, -0.2) is 13.8 Å². The van der Waals surface area contributed by atoms with E-state index in [4.69, 9.17) is 0 Å². The number of nitrogens with zero attached hydrogens (tertiary/aromatic N) is 1. The van der Waals surface area contributed by atoms with Crippen molar-refractivity contribution in [3.05, 3.63) is 47.5 Å². The number of aromatic nitrogens is 2. The molecule has 3 N–H and O–H groups in total. The van der Waals surface area contributed by atoms with Crippen molar-refractivity contribution >= 4 is 11.6 Å². The second-order valence-corrected chi connectivity index (χ2v) is 4.58. The summed E-state index contributed by atoms with van der Waals surface area (Å²) in [7, 11) is 0. The Kier molecular flexibility index (Phi) is 3.19. The van der Waals surface area contributed by atoms with Gasteiger partial charge < -0.3 is 10.3 Å². The first kappa shape index (κ1) is 12.7. The number of rotatable bonds is 2. The summed E-state index contributed by atoms with van der Waals surface area (Å²) in [5, 5.41) is 5.41. The number of carbonyl (C=O) groups excluding carboxylic acids is 1. The molecule has 1 aromatic heterocycles. The topological polar surface area (TPSA) is 69.8 Å². The molecule has 1 unspecified atom stereocenters. The molecule has 0 radical (unpaired) electrons. The summed E-state index contributed by atoms with van der Waals surface area (Å²) in [5.41, 5.74) is 1.58. The van der Waals surface area contributed by atoms with E-state index in [1.165, 1.54) is 0 Å². The number of carbonyl (C=O) groups is 1. The maximum atomic E-state index is 13.5. The number of aromatic amines is 1. The molecule has 1 atom stereocenters. The van der Waals surface area contributed by atoms with Crippen molar-refractivity contribution in [1.29, 1.82) is 0 Å². The van der Waals surface area contributed by atoms with Gasteiger partial charge in [-0.2, -0.15) is 0 Å². The van der Waals surface area contributed by atoms with Gasteiger partial charge in [0.1, 0.15) is 11.6 Å². The number of hydrogen-bond acceptors (Lipinski definition) is 3. The van der Waals surface area contributed by atoms with Gasteiger partial charge in [0.15, 0.2) is 0 Å². The van der Waals surface area contributed by atoms with Crippen molar-refractivity contribution in [2.45, 2.75) is 19.0 Å². The first-order valence-corrected chi connectivity index (χ1v) is 6.14. The highest BCUT2D eigenvalue weighted by Crippen LogP contribution is 2.17. The second kappa shape index (κ2) is 5.01. The van der Waals surface area contributed by atoms with Crippen molar-refractivity contribution in [3.63, 3.8) is 0 Å². The summed E-state index contributed by atoms with van der Waals surface area (Å²) in [6.07, 6.45) is 1.97. The number of benzene rings is 1. The summed E-state index contributed by atoms with van der Waals surface area (Å²) in [4.78, 5) is 19.1. The number of nitrogens with one attached hydrogen (secondary N) is 3. The molecule has 7 heteroatoms. The molecular formula is C13H12F2N4O. The average Bonchev–Trinajstić information content (AvgIpc) is 2.90. The fraction of sp³-hybridized carbons (Fsp3) is 0.231. The molecule has 0 fully saturated rings. The van der Waals surface area contributed by atoms with Crippen LogP contribution >= 0.6 is 0 Å². The van der Waals surface area contributed by atoms with Gasteiger partial charge in [0.25, 0.3) is 0 Å². The first-order chi connectivity index (χ1) is 9.63. The molecule has 0 spiro atoms. The zero-order valence-electron chi connectivity index (χ0n) is 10.4. The summed E-state index contributed by atoms with van der Waals surface area (Å²) in [6, 6.07) is 2.41. The highest BCUT2D eigenvalue weighted by atomic mass is 19.1. The minimum Gasteiger partial charge on any atom is -0.347 e. The molecule has 2 heterocycles. The van der Waals surface area contributed by atoms with Crippen molar-refractivity contribution in [1.82, 2.24) is 15.3 Å². The summed E-state index contributed by atoms with van der Waals surface area (Å²) in [6.45, 7) is 0.485. The monoisotopic (exact) mass is 278 g/mol. The van der Waals surface area contributed by atoms with Crippen LogP contribution in [0.25, 0.3) is 0 Å². The predicted molar refractivity (Wildman–Crippen MR) is 67.9 cm³/mol. The fourth-order valence-corrected chi connectivity index (χ4v) is 2.17. The van der Waals surface area contributed by atoms with Gasteiger partial charge in [0.05, 0.1) is 29.4 Å². The van der Waals surface area contributed by atoms with E-state index in [1.807, 2.05) is 0 Å². The average molecular weight is 278 g/mol. The Hall–Kier alpha value is -2.28. The number of amides is 1. The van der Waals surface area contributed by atoms with Crippen LogP contribution in [0.5, 0.6) is 0 Å². The summed E-state index contributed by atoms with van der Waals surface area (Å²) in [5.74, 6) is -1.69. The molecule has 1 aromatic carbocycles. The first-order valence-electron chi connectivity index (χ1n) is 6.14. The molecule has 1 aliphatic heterocycles. The number of hydrogen-bond donors (Lipinski definition) is 3. The summed E-state index contributed by atoms with van der Waals surface area (Å²) < 4.78 is 26.5. The van der Waals surface area contributed by atoms with E-state index < -0.39 is 23.6 Å². The number of anilines is 1. The van der Waals surface area contributed by atoms with Gasteiger partial charge in [0, 0.05) is 19.0 Å². The van der Waals surface area contributed by atoms with Crippen molar-refractivity contribution < 1.29 is 13.6 Å². The van der Waals surface area contributed by atoms with E-state index >= 15 is 0 Å². The van der Waals surface area contributed by atoms with Gasteiger partial charge >= 0.3 is 0 Å². The minimum atomic E-state index is -0.670. The molecule has 2 aromatic rings. The SMILES string of the molecule is O=C(Nc1cc(F)ccc1F)C1Cc2nc[nH]c2CN1. The van der Waals surface area contributed by atoms with Crippen molar-refractivity contribution in [3.8, 4) is 0 Å². The highest BCUT2D eigenvalue weighted by Gasteiger charge is 2.26. The van der Waals surface area contributed by atoms with Crippen LogP contribution in [-0.2, 0) is 17.8 Å². The third kappa shape index (κ3) is 2.39. The van der Waals surface area contributed by atoms with Crippen LogP contribution in [0.15, 0.2) is 24.5 Å². The molecule has 5 nitrogen and oxygen atoms in total. The number of halogens is 2. The largest absolute Gasteiger partial charge is 0.347 e. The number of H-pyrrole nitrogens is 1. The molecule has 1 amide bonds. The maximum Gasteiger partial charge on any atom is 0.242 e. The molecule has 1 aliphatic rings. The van der Waals surface area contributed by atoms with Crippen LogP contribution < -0.4 is 10.6 Å². The van der Waals surface area contributed by atoms with E-state index in [1.54, 1.807) is 6.33 Å². The van der Waals surface area contributed by atoms with E-state index in [2.05, 4.69) is 20.6 Å². The third-order valence-electron chi connectivity index (χ3n) is 3.23. The summed E-state index contributed by atoms with van der Waals surface area (Å²) >= 11 is 0. The van der Waals surface area contributed by atoms with Gasteiger partial charge in [-0.15, -0.1) is 0 Å². The lowest BCUT2D eigenvalue weighted by atomic mass is 10.0. The van der Waals surface area contributed by atoms with Crippen LogP contribution in [0.2, 0.25) is 0 Å². The fourth-order valence-electron chi connectivity index (χ4n) is 2.17. The smallest absolute Gasteiger partial charge is 0.242 e. The van der Waals surface area contributed by atoms with Gasteiger partial charge in [0.2, 0.25) is 5.91 Å². The molecule has 20 heavy (non-hydrogen) atoms. The second-order valence-electron chi connectivity index (χ2n) is 4.58. The van der Waals surface area contributed by atoms with Crippen molar-refractivity contribution in [2.75, 3.05) is 5.32 Å². The van der Waals surface area contributed by atoms with Gasteiger partial charge in [-0.3, -0.25) is 10.1 Å². The number of fused-ring (bicyclic) bond motifs is 1. The lowest BCUT2D eigenvalue weighted by Gasteiger charge is -2.22. The Balaban J connectivity index is 1.73. The maximum absolute atomic E-state index is 13.5. The van der Waals surface area contributed by atoms with E-state index in [-0.39, 0.29) is 5.69 Å². The Bertz CT molecular complexity index is 656. The normalized spacial score (nSPS) is 17.6. The third-order valence-corrected chi connectivity index (χ3v) is 3.23. The Morgan fingerprint density at radius 1 is 1.40 bits per heavy atom. The molecule has 0 saturated carbocycles. The van der Waals surface area contributed by atoms with E-state index in [0.29, 0.717) is 13.0 Å². The minimum absolute atomic E-state index is 0.162. The lowest BCUT2D eigenvalue weighted by Crippen LogP contribution is -2.44. The Morgan fingerprint density at radius 2 is 2.25 bits per heavy atom. The van der Waals surface area contributed by atoms with Crippen LogP contribution in [0.4, 0.5) is 14.5 Å². The molecule has 104 valence electrons. The van der Waals surface area contributed by atoms with Gasteiger partial charge in [-0.05, 0) is 12.1 Å². The Morgan fingerprint density at radius 3 is 3.10 bits per heavy atom.